The molecule has 2 aliphatic rings. The predicted molar refractivity (Wildman–Crippen MR) is 113 cm³/mol. The van der Waals surface area contributed by atoms with Gasteiger partial charge in [0.15, 0.2) is 0 Å². The minimum Gasteiger partial charge on any atom is -0.494 e. The van der Waals surface area contributed by atoms with Crippen molar-refractivity contribution in [1.29, 1.82) is 0 Å². The lowest BCUT2D eigenvalue weighted by molar-refractivity contribution is 0.0677. The van der Waals surface area contributed by atoms with Crippen molar-refractivity contribution in [3.63, 3.8) is 0 Å². The monoisotopic (exact) mass is 396 g/mol. The van der Waals surface area contributed by atoms with E-state index in [4.69, 9.17) is 4.74 Å². The molecule has 1 N–H and O–H groups in total. The summed E-state index contributed by atoms with van der Waals surface area (Å²) in [6.45, 7) is 6.00. The Hall–Kier alpha value is -2.34. The lowest BCUT2D eigenvalue weighted by Gasteiger charge is -2.37. The molecule has 0 radical (unpaired) electrons. The molecule has 29 heavy (non-hydrogen) atoms. The molecule has 2 aromatic rings. The standard InChI is InChI=1S/C23H32N4O2/c1-18-24-17-22(25-18)23(28)27-12-5-15-29-21-8-4-6-19(16-21)9-10-20-7-2-3-11-26(20)13-14-27/h4,6,8,16-17,20H,2-3,5,7,9-15H2,1H3,(H,24,25). The Labute approximate surface area is 173 Å². The second-order valence-electron chi connectivity index (χ2n) is 8.25. The van der Waals surface area contributed by atoms with Crippen molar-refractivity contribution in [3.05, 3.63) is 47.5 Å². The van der Waals surface area contributed by atoms with Gasteiger partial charge in [-0.25, -0.2) is 4.98 Å². The van der Waals surface area contributed by atoms with E-state index in [0.29, 0.717) is 24.9 Å². The van der Waals surface area contributed by atoms with Gasteiger partial charge in [-0.3, -0.25) is 9.69 Å². The van der Waals surface area contributed by atoms with Crippen LogP contribution in [-0.4, -0.2) is 64.5 Å². The smallest absolute Gasteiger partial charge is 0.271 e. The molecule has 1 fully saturated rings. The molecule has 3 heterocycles. The van der Waals surface area contributed by atoms with E-state index in [-0.39, 0.29) is 5.91 Å². The number of hydrogen-bond acceptors (Lipinski definition) is 4. The molecular weight excluding hydrogens is 364 g/mol. The number of aryl methyl sites for hydroxylation is 2. The molecule has 0 saturated carbocycles. The van der Waals surface area contributed by atoms with Gasteiger partial charge < -0.3 is 14.6 Å². The van der Waals surface area contributed by atoms with Gasteiger partial charge in [0, 0.05) is 25.7 Å². The average molecular weight is 397 g/mol. The molecule has 1 aromatic heterocycles. The summed E-state index contributed by atoms with van der Waals surface area (Å²) < 4.78 is 5.97. The fraction of sp³-hybridized carbons (Fsp3) is 0.565. The Kier molecular flexibility index (Phi) is 6.49. The maximum atomic E-state index is 13.1. The first-order valence-corrected chi connectivity index (χ1v) is 11.0. The topological polar surface area (TPSA) is 61.5 Å². The van der Waals surface area contributed by atoms with Crippen molar-refractivity contribution in [2.45, 2.75) is 51.5 Å². The lowest BCUT2D eigenvalue weighted by Crippen LogP contribution is -2.45. The molecule has 1 unspecified atom stereocenters. The number of piperidine rings is 1. The van der Waals surface area contributed by atoms with E-state index in [1.807, 2.05) is 17.9 Å². The molecule has 1 atom stereocenters. The van der Waals surface area contributed by atoms with E-state index in [1.165, 1.54) is 24.8 Å². The summed E-state index contributed by atoms with van der Waals surface area (Å²) in [5.74, 6) is 1.74. The number of aromatic nitrogens is 2. The van der Waals surface area contributed by atoms with E-state index >= 15 is 0 Å². The number of rotatable bonds is 1. The van der Waals surface area contributed by atoms with Crippen molar-refractivity contribution in [3.8, 4) is 5.75 Å². The predicted octanol–water partition coefficient (Wildman–Crippen LogP) is 3.43. The highest BCUT2D eigenvalue weighted by atomic mass is 16.5. The van der Waals surface area contributed by atoms with E-state index in [0.717, 1.165) is 50.5 Å². The first-order chi connectivity index (χ1) is 14.2. The summed E-state index contributed by atoms with van der Waals surface area (Å²) in [6.07, 6.45) is 8.52. The number of hydrogen-bond donors (Lipinski definition) is 1. The van der Waals surface area contributed by atoms with Crippen LogP contribution in [0.2, 0.25) is 0 Å². The second-order valence-corrected chi connectivity index (χ2v) is 8.25. The molecular formula is C23H32N4O2. The van der Waals surface area contributed by atoms with Gasteiger partial charge in [0.05, 0.1) is 12.8 Å². The Morgan fingerprint density at radius 3 is 2.93 bits per heavy atom. The van der Waals surface area contributed by atoms with Gasteiger partial charge in [0.2, 0.25) is 0 Å². The normalized spacial score (nSPS) is 21.7. The van der Waals surface area contributed by atoms with E-state index in [9.17, 15) is 4.79 Å². The highest BCUT2D eigenvalue weighted by molar-refractivity contribution is 5.92. The fourth-order valence-electron chi connectivity index (χ4n) is 4.51. The van der Waals surface area contributed by atoms with Crippen LogP contribution in [0, 0.1) is 6.92 Å². The van der Waals surface area contributed by atoms with Gasteiger partial charge in [-0.15, -0.1) is 0 Å². The van der Waals surface area contributed by atoms with Crippen molar-refractivity contribution in [1.82, 2.24) is 19.8 Å². The van der Waals surface area contributed by atoms with Gasteiger partial charge in [-0.2, -0.15) is 0 Å². The van der Waals surface area contributed by atoms with E-state index in [1.54, 1.807) is 6.20 Å². The molecule has 156 valence electrons. The van der Waals surface area contributed by atoms with Crippen molar-refractivity contribution < 1.29 is 9.53 Å². The van der Waals surface area contributed by atoms with Crippen molar-refractivity contribution in [2.75, 3.05) is 32.8 Å². The molecule has 1 amide bonds. The highest BCUT2D eigenvalue weighted by Gasteiger charge is 2.24. The van der Waals surface area contributed by atoms with Crippen LogP contribution in [0.1, 0.15) is 54.0 Å². The number of nitrogens with one attached hydrogen (secondary N) is 1. The molecule has 2 bridgehead atoms. The number of ether oxygens (including phenoxy) is 1. The van der Waals surface area contributed by atoms with Gasteiger partial charge in [0.1, 0.15) is 17.3 Å². The summed E-state index contributed by atoms with van der Waals surface area (Å²) >= 11 is 0. The van der Waals surface area contributed by atoms with Gasteiger partial charge in [-0.05, 0) is 63.3 Å². The van der Waals surface area contributed by atoms with Gasteiger partial charge in [-0.1, -0.05) is 18.6 Å². The number of H-pyrrole nitrogens is 1. The number of aromatic amines is 1. The van der Waals surface area contributed by atoms with Crippen LogP contribution in [-0.2, 0) is 6.42 Å². The molecule has 6 nitrogen and oxygen atoms in total. The third-order valence-electron chi connectivity index (χ3n) is 6.13. The molecule has 1 aromatic carbocycles. The Bertz CT molecular complexity index is 819. The zero-order valence-corrected chi connectivity index (χ0v) is 17.4. The lowest BCUT2D eigenvalue weighted by atomic mass is 9.95. The number of carbonyl (C=O) groups excluding carboxylic acids is 1. The van der Waals surface area contributed by atoms with Crippen molar-refractivity contribution >= 4 is 5.91 Å². The van der Waals surface area contributed by atoms with E-state index < -0.39 is 0 Å². The zero-order chi connectivity index (χ0) is 20.1. The number of amides is 1. The summed E-state index contributed by atoms with van der Waals surface area (Å²) in [7, 11) is 0. The average Bonchev–Trinajstić information content (AvgIpc) is 3.18. The van der Waals surface area contributed by atoms with Crippen LogP contribution in [0.25, 0.3) is 0 Å². The molecule has 6 heteroatoms. The SMILES string of the molecule is Cc1ncc(C(=O)N2CCCOc3cccc(c3)CCC3CCCCN3CC2)[nH]1. The summed E-state index contributed by atoms with van der Waals surface area (Å²) in [6, 6.07) is 9.10. The fourth-order valence-corrected chi connectivity index (χ4v) is 4.51. The third-order valence-corrected chi connectivity index (χ3v) is 6.13. The molecule has 4 rings (SSSR count). The number of carbonyl (C=O) groups is 1. The summed E-state index contributed by atoms with van der Waals surface area (Å²) in [5.41, 5.74) is 1.93. The second kappa shape index (κ2) is 9.44. The van der Waals surface area contributed by atoms with Crippen LogP contribution in [0.4, 0.5) is 0 Å². The Morgan fingerprint density at radius 1 is 1.14 bits per heavy atom. The number of nitrogens with zero attached hydrogens (tertiary/aromatic N) is 3. The largest absolute Gasteiger partial charge is 0.494 e. The first kappa shape index (κ1) is 20.0. The third kappa shape index (κ3) is 5.18. The maximum absolute atomic E-state index is 13.1. The van der Waals surface area contributed by atoms with Crippen LogP contribution >= 0.6 is 0 Å². The molecule has 2 aliphatic heterocycles. The summed E-state index contributed by atoms with van der Waals surface area (Å²) in [5, 5.41) is 0. The maximum Gasteiger partial charge on any atom is 0.271 e. The van der Waals surface area contributed by atoms with Crippen LogP contribution in [0.3, 0.4) is 0 Å². The number of benzene rings is 1. The first-order valence-electron chi connectivity index (χ1n) is 11.0. The number of fused-ring (bicyclic) bond motifs is 3. The Balaban J connectivity index is 1.51. The molecule has 0 spiro atoms. The van der Waals surface area contributed by atoms with Crippen molar-refractivity contribution in [2.24, 2.45) is 0 Å². The number of imidazole rings is 1. The van der Waals surface area contributed by atoms with Crippen LogP contribution < -0.4 is 4.74 Å². The molecule has 1 saturated heterocycles. The molecule has 0 aliphatic carbocycles. The highest BCUT2D eigenvalue weighted by Crippen LogP contribution is 2.23. The zero-order valence-electron chi connectivity index (χ0n) is 17.4. The minimum atomic E-state index is 0.0354. The van der Waals surface area contributed by atoms with Gasteiger partial charge >= 0.3 is 0 Å². The van der Waals surface area contributed by atoms with Gasteiger partial charge in [0.25, 0.3) is 5.91 Å². The van der Waals surface area contributed by atoms with Crippen LogP contribution in [0.5, 0.6) is 5.75 Å². The van der Waals surface area contributed by atoms with E-state index in [2.05, 4.69) is 33.1 Å². The Morgan fingerprint density at radius 2 is 2.07 bits per heavy atom. The minimum absolute atomic E-state index is 0.0354. The van der Waals surface area contributed by atoms with Crippen LogP contribution in [0.15, 0.2) is 30.5 Å². The quantitative estimate of drug-likeness (QED) is 0.802. The summed E-state index contributed by atoms with van der Waals surface area (Å²) in [4.78, 5) is 24.9.